The summed E-state index contributed by atoms with van der Waals surface area (Å²) in [5.74, 6) is 0.174. The van der Waals surface area contributed by atoms with Gasteiger partial charge in [-0.15, -0.1) is 0 Å². The van der Waals surface area contributed by atoms with Crippen LogP contribution in [0.15, 0.2) is 0 Å². The summed E-state index contributed by atoms with van der Waals surface area (Å²) >= 11 is 0. The smallest absolute Gasteiger partial charge is 0.237 e. The van der Waals surface area contributed by atoms with Crippen LogP contribution in [0, 0.1) is 5.41 Å². The lowest BCUT2D eigenvalue weighted by molar-refractivity contribution is -0.129. The zero-order valence-corrected chi connectivity index (χ0v) is 14.3. The van der Waals surface area contributed by atoms with Gasteiger partial charge in [0.05, 0.1) is 6.04 Å². The molecule has 0 aromatic heterocycles. The Kier molecular flexibility index (Phi) is 7.67. The summed E-state index contributed by atoms with van der Waals surface area (Å²) in [6, 6.07) is 0.444. The number of rotatable bonds is 8. The Bertz CT molecular complexity index is 314. The summed E-state index contributed by atoms with van der Waals surface area (Å²) in [5.41, 5.74) is 0.0434. The molecule has 0 aromatic carbocycles. The first-order valence-corrected chi connectivity index (χ1v) is 8.64. The zero-order chi connectivity index (χ0) is 15.9. The number of hydrogen-bond donors (Lipinski definition) is 2. The maximum absolute atomic E-state index is 12.6. The number of carbonyl (C=O) groups is 1. The van der Waals surface area contributed by atoms with E-state index in [2.05, 4.69) is 37.9 Å². The lowest BCUT2D eigenvalue weighted by atomic mass is 9.79. The second-order valence-corrected chi connectivity index (χ2v) is 6.74. The maximum atomic E-state index is 12.6. The molecule has 1 fully saturated rings. The van der Waals surface area contributed by atoms with Crippen molar-refractivity contribution in [3.63, 3.8) is 0 Å². The van der Waals surface area contributed by atoms with Crippen LogP contribution in [0.5, 0.6) is 0 Å². The van der Waals surface area contributed by atoms with Crippen molar-refractivity contribution in [2.24, 2.45) is 5.41 Å². The normalized spacial score (nSPS) is 20.8. The summed E-state index contributed by atoms with van der Waals surface area (Å²) < 4.78 is 0. The molecule has 1 aliphatic rings. The van der Waals surface area contributed by atoms with E-state index in [1.54, 1.807) is 0 Å². The molecule has 0 saturated carbocycles. The first-order valence-electron chi connectivity index (χ1n) is 8.64. The number of nitrogens with one attached hydrogen (secondary N) is 1. The van der Waals surface area contributed by atoms with E-state index in [1.165, 1.54) is 6.42 Å². The number of hydrogen-bond acceptors (Lipinski definition) is 3. The molecule has 1 heterocycles. The van der Waals surface area contributed by atoms with Gasteiger partial charge in [0.1, 0.15) is 0 Å². The predicted octanol–water partition coefficient (Wildman–Crippen LogP) is 2.55. The molecule has 4 heteroatoms. The molecule has 2 N–H and O–H groups in total. The largest absolute Gasteiger partial charge is 0.396 e. The summed E-state index contributed by atoms with van der Waals surface area (Å²) in [6.45, 7) is 10.5. The fourth-order valence-electron chi connectivity index (χ4n) is 3.43. The van der Waals surface area contributed by atoms with Crippen LogP contribution in [0.4, 0.5) is 0 Å². The van der Waals surface area contributed by atoms with Crippen LogP contribution in [-0.2, 0) is 4.79 Å². The number of nitrogens with zero attached hydrogens (tertiary/aromatic N) is 1. The van der Waals surface area contributed by atoms with E-state index in [-0.39, 0.29) is 24.0 Å². The number of piperidine rings is 1. The van der Waals surface area contributed by atoms with Gasteiger partial charge in [0.2, 0.25) is 5.91 Å². The second-order valence-electron chi connectivity index (χ2n) is 6.74. The van der Waals surface area contributed by atoms with Gasteiger partial charge in [0, 0.05) is 19.2 Å². The van der Waals surface area contributed by atoms with E-state index >= 15 is 0 Å². The minimum atomic E-state index is 0.0271. The van der Waals surface area contributed by atoms with E-state index in [1.807, 2.05) is 0 Å². The Labute approximate surface area is 130 Å². The van der Waals surface area contributed by atoms with E-state index in [0.29, 0.717) is 12.6 Å². The van der Waals surface area contributed by atoms with Crippen LogP contribution < -0.4 is 5.32 Å². The van der Waals surface area contributed by atoms with Crippen molar-refractivity contribution in [2.45, 2.75) is 78.3 Å². The topological polar surface area (TPSA) is 52.6 Å². The summed E-state index contributed by atoms with van der Waals surface area (Å²) in [4.78, 5) is 14.9. The van der Waals surface area contributed by atoms with Crippen molar-refractivity contribution in [3.8, 4) is 0 Å². The lowest BCUT2D eigenvalue weighted by Crippen LogP contribution is -2.53. The van der Waals surface area contributed by atoms with E-state index in [9.17, 15) is 9.90 Å². The highest BCUT2D eigenvalue weighted by molar-refractivity contribution is 5.81. The average molecular weight is 298 g/mol. The summed E-state index contributed by atoms with van der Waals surface area (Å²) in [7, 11) is 0. The highest BCUT2D eigenvalue weighted by Crippen LogP contribution is 2.29. The van der Waals surface area contributed by atoms with Gasteiger partial charge in [0.15, 0.2) is 0 Å². The van der Waals surface area contributed by atoms with Gasteiger partial charge < -0.3 is 10.4 Å². The fourth-order valence-corrected chi connectivity index (χ4v) is 3.43. The van der Waals surface area contributed by atoms with Crippen molar-refractivity contribution in [1.82, 2.24) is 10.2 Å². The number of carbonyl (C=O) groups excluding carboxylic acids is 1. The Morgan fingerprint density at radius 1 is 1.33 bits per heavy atom. The minimum Gasteiger partial charge on any atom is -0.396 e. The third kappa shape index (κ3) is 4.96. The molecule has 124 valence electrons. The van der Waals surface area contributed by atoms with Gasteiger partial charge in [-0.05, 0) is 57.9 Å². The van der Waals surface area contributed by atoms with Crippen molar-refractivity contribution in [3.05, 3.63) is 0 Å². The second kappa shape index (κ2) is 8.74. The lowest BCUT2D eigenvalue weighted by Gasteiger charge is -2.38. The van der Waals surface area contributed by atoms with Gasteiger partial charge in [-0.2, -0.15) is 0 Å². The van der Waals surface area contributed by atoms with Crippen LogP contribution in [-0.4, -0.2) is 47.7 Å². The van der Waals surface area contributed by atoms with Gasteiger partial charge in [-0.1, -0.05) is 20.3 Å². The monoisotopic (exact) mass is 298 g/mol. The highest BCUT2D eigenvalue weighted by atomic mass is 16.3. The predicted molar refractivity (Wildman–Crippen MR) is 87.2 cm³/mol. The number of likely N-dealkylation sites (tertiary alicyclic amines) is 1. The molecule has 0 radical (unpaired) electrons. The molecule has 1 unspecified atom stereocenters. The molecule has 0 spiro atoms. The Balaban J connectivity index is 2.62. The van der Waals surface area contributed by atoms with Gasteiger partial charge in [-0.3, -0.25) is 9.69 Å². The fraction of sp³-hybridized carbons (Fsp3) is 0.941. The third-order valence-corrected chi connectivity index (χ3v) is 5.29. The Morgan fingerprint density at radius 2 is 2.00 bits per heavy atom. The number of amides is 1. The quantitative estimate of drug-likeness (QED) is 0.724. The van der Waals surface area contributed by atoms with Crippen LogP contribution in [0.3, 0.4) is 0 Å². The first-order chi connectivity index (χ1) is 9.99. The molecular weight excluding hydrogens is 264 g/mol. The molecular formula is C17H34N2O2. The van der Waals surface area contributed by atoms with E-state index < -0.39 is 0 Å². The number of aliphatic hydroxyl groups is 1. The molecule has 21 heavy (non-hydrogen) atoms. The van der Waals surface area contributed by atoms with Gasteiger partial charge >= 0.3 is 0 Å². The van der Waals surface area contributed by atoms with Crippen molar-refractivity contribution < 1.29 is 9.90 Å². The van der Waals surface area contributed by atoms with Crippen molar-refractivity contribution >= 4 is 5.91 Å². The molecule has 0 aromatic rings. The molecule has 1 atom stereocenters. The van der Waals surface area contributed by atoms with Crippen LogP contribution >= 0.6 is 0 Å². The maximum Gasteiger partial charge on any atom is 0.237 e. The molecule has 4 nitrogen and oxygen atoms in total. The minimum absolute atomic E-state index is 0.0271. The molecule has 1 amide bonds. The number of aliphatic hydroxyl groups excluding tert-OH is 1. The van der Waals surface area contributed by atoms with E-state index in [4.69, 9.17) is 0 Å². The SMILES string of the molecule is CCC(CC)(CCO)CNC(=O)C1CCCCN1C(C)C. The summed E-state index contributed by atoms with van der Waals surface area (Å²) in [6.07, 6.45) is 6.05. The third-order valence-electron chi connectivity index (χ3n) is 5.29. The molecule has 1 aliphatic heterocycles. The van der Waals surface area contributed by atoms with Crippen LogP contribution in [0.1, 0.15) is 66.2 Å². The molecule has 1 saturated heterocycles. The van der Waals surface area contributed by atoms with Crippen molar-refractivity contribution in [2.75, 3.05) is 19.7 Å². The van der Waals surface area contributed by atoms with E-state index in [0.717, 1.165) is 38.6 Å². The Hall–Kier alpha value is -0.610. The Morgan fingerprint density at radius 3 is 2.52 bits per heavy atom. The van der Waals surface area contributed by atoms with Crippen LogP contribution in [0.25, 0.3) is 0 Å². The van der Waals surface area contributed by atoms with Crippen molar-refractivity contribution in [1.29, 1.82) is 0 Å². The first kappa shape index (κ1) is 18.4. The van der Waals surface area contributed by atoms with Gasteiger partial charge in [-0.25, -0.2) is 0 Å². The molecule has 0 aliphatic carbocycles. The van der Waals surface area contributed by atoms with Crippen LogP contribution in [0.2, 0.25) is 0 Å². The molecule has 0 bridgehead atoms. The molecule has 1 rings (SSSR count). The van der Waals surface area contributed by atoms with Gasteiger partial charge in [0.25, 0.3) is 0 Å². The highest BCUT2D eigenvalue weighted by Gasteiger charge is 2.32. The average Bonchev–Trinajstić information content (AvgIpc) is 2.51. The standard InChI is InChI=1S/C17H34N2O2/c1-5-17(6-2,10-12-20)13-18-16(21)15-9-7-8-11-19(15)14(3)4/h14-15,20H,5-13H2,1-4H3,(H,18,21). The zero-order valence-electron chi connectivity index (χ0n) is 14.3. The summed E-state index contributed by atoms with van der Waals surface area (Å²) in [5, 5.41) is 12.4.